The molecule has 0 aliphatic carbocycles. The minimum absolute atomic E-state index is 0.471. The largest absolute Gasteiger partial charge is 0.275 e. The molecule has 2 rings (SSSR count). The number of halogens is 1. The Hall–Kier alpha value is -1.42. The highest BCUT2D eigenvalue weighted by Gasteiger charge is 2.07. The molecule has 0 bridgehead atoms. The molecule has 0 unspecified atom stereocenters. The number of hydrogen-bond acceptors (Lipinski definition) is 3. The smallest absolute Gasteiger partial charge is 0.133 e. The van der Waals surface area contributed by atoms with Crippen LogP contribution in [-0.4, -0.2) is 19.7 Å². The third-order valence-corrected chi connectivity index (χ3v) is 2.38. The fraction of sp³-hybridized carbons (Fsp3) is 0.364. The lowest BCUT2D eigenvalue weighted by atomic mass is 10.2. The molecular weight excluding hydrogens is 224 g/mol. The van der Waals surface area contributed by atoms with Gasteiger partial charge in [0.2, 0.25) is 0 Å². The molecule has 4 nitrogen and oxygen atoms in total. The molecule has 0 saturated carbocycles. The van der Waals surface area contributed by atoms with E-state index in [-0.39, 0.29) is 0 Å². The number of nitrogens with zero attached hydrogens (tertiary/aromatic N) is 4. The molecule has 84 valence electrons. The number of hydrogen-bond donors (Lipinski definition) is 0. The van der Waals surface area contributed by atoms with Crippen LogP contribution in [0.15, 0.2) is 18.3 Å². The molecule has 0 saturated heterocycles. The minimum Gasteiger partial charge on any atom is -0.275 e. The van der Waals surface area contributed by atoms with Gasteiger partial charge in [0, 0.05) is 25.7 Å². The summed E-state index contributed by atoms with van der Waals surface area (Å²) in [6, 6.07) is 3.65. The zero-order chi connectivity index (χ0) is 11.5. The topological polar surface area (TPSA) is 43.6 Å². The van der Waals surface area contributed by atoms with Gasteiger partial charge in [0.05, 0.1) is 5.69 Å². The second-order valence-corrected chi connectivity index (χ2v) is 4.00. The molecule has 2 aromatic rings. The summed E-state index contributed by atoms with van der Waals surface area (Å²) >= 11 is 5.96. The Morgan fingerprint density at radius 3 is 2.75 bits per heavy atom. The van der Waals surface area contributed by atoms with Crippen molar-refractivity contribution in [3.05, 3.63) is 29.3 Å². The summed E-state index contributed by atoms with van der Waals surface area (Å²) in [6.45, 7) is 2.09. The van der Waals surface area contributed by atoms with Crippen LogP contribution < -0.4 is 0 Å². The highest BCUT2D eigenvalue weighted by Crippen LogP contribution is 2.18. The van der Waals surface area contributed by atoms with E-state index >= 15 is 0 Å². The van der Waals surface area contributed by atoms with E-state index in [1.807, 2.05) is 19.3 Å². The molecule has 2 aromatic heterocycles. The van der Waals surface area contributed by atoms with Gasteiger partial charge in [-0.3, -0.25) is 4.68 Å². The molecule has 0 N–H and O–H groups in total. The molecule has 0 atom stereocenters. The van der Waals surface area contributed by atoms with Crippen LogP contribution in [0.5, 0.6) is 0 Å². The lowest BCUT2D eigenvalue weighted by Crippen LogP contribution is -1.97. The predicted octanol–water partition coefficient (Wildman–Crippen LogP) is 2.48. The van der Waals surface area contributed by atoms with Crippen molar-refractivity contribution in [2.45, 2.75) is 19.8 Å². The van der Waals surface area contributed by atoms with E-state index < -0.39 is 0 Å². The van der Waals surface area contributed by atoms with E-state index in [0.29, 0.717) is 5.15 Å². The molecule has 0 aliphatic rings. The summed E-state index contributed by atoms with van der Waals surface area (Å²) in [5.74, 6) is 0.774. The van der Waals surface area contributed by atoms with Crippen LogP contribution in [0.2, 0.25) is 5.15 Å². The first-order valence-electron chi connectivity index (χ1n) is 5.22. The average molecular weight is 237 g/mol. The van der Waals surface area contributed by atoms with E-state index in [4.69, 9.17) is 11.6 Å². The lowest BCUT2D eigenvalue weighted by molar-refractivity contribution is 0.768. The minimum atomic E-state index is 0.471. The van der Waals surface area contributed by atoms with E-state index in [1.54, 1.807) is 10.7 Å². The first-order chi connectivity index (χ1) is 7.69. The first kappa shape index (κ1) is 11.1. The third-order valence-electron chi connectivity index (χ3n) is 2.19. The molecule has 5 heteroatoms. The number of rotatable bonds is 3. The summed E-state index contributed by atoms with van der Waals surface area (Å²) < 4.78 is 1.74. The average Bonchev–Trinajstić information content (AvgIpc) is 2.64. The van der Waals surface area contributed by atoms with Gasteiger partial charge in [-0.05, 0) is 12.5 Å². The Morgan fingerprint density at radius 1 is 1.31 bits per heavy atom. The molecule has 0 spiro atoms. The highest BCUT2D eigenvalue weighted by molar-refractivity contribution is 6.29. The van der Waals surface area contributed by atoms with Crippen molar-refractivity contribution in [1.29, 1.82) is 0 Å². The van der Waals surface area contributed by atoms with E-state index in [0.717, 1.165) is 30.1 Å². The summed E-state index contributed by atoms with van der Waals surface area (Å²) in [5, 5.41) is 4.76. The maximum Gasteiger partial charge on any atom is 0.133 e. The van der Waals surface area contributed by atoms with Crippen molar-refractivity contribution in [2.75, 3.05) is 0 Å². The Labute approximate surface area is 99.3 Å². The Balaban J connectivity index is 2.40. The Morgan fingerprint density at radius 2 is 2.12 bits per heavy atom. The van der Waals surface area contributed by atoms with Crippen LogP contribution in [0, 0.1) is 0 Å². The SMILES string of the molecule is CCCc1nc(Cl)cc(-c2ccn(C)n2)n1. The molecule has 16 heavy (non-hydrogen) atoms. The fourth-order valence-corrected chi connectivity index (χ4v) is 1.68. The summed E-state index contributed by atoms with van der Waals surface area (Å²) in [5.41, 5.74) is 1.60. The fourth-order valence-electron chi connectivity index (χ4n) is 1.48. The van der Waals surface area contributed by atoms with Gasteiger partial charge in [0.25, 0.3) is 0 Å². The van der Waals surface area contributed by atoms with Gasteiger partial charge < -0.3 is 0 Å². The summed E-state index contributed by atoms with van der Waals surface area (Å²) in [4.78, 5) is 8.61. The van der Waals surface area contributed by atoms with Crippen LogP contribution in [-0.2, 0) is 13.5 Å². The predicted molar refractivity (Wildman–Crippen MR) is 63.2 cm³/mol. The van der Waals surface area contributed by atoms with E-state index in [9.17, 15) is 0 Å². The monoisotopic (exact) mass is 236 g/mol. The van der Waals surface area contributed by atoms with Crippen molar-refractivity contribution in [2.24, 2.45) is 7.05 Å². The van der Waals surface area contributed by atoms with Crippen molar-refractivity contribution < 1.29 is 0 Å². The highest BCUT2D eigenvalue weighted by atomic mass is 35.5. The van der Waals surface area contributed by atoms with Crippen LogP contribution >= 0.6 is 11.6 Å². The molecular formula is C11H13ClN4. The number of aryl methyl sites for hydroxylation is 2. The van der Waals surface area contributed by atoms with Crippen LogP contribution in [0.3, 0.4) is 0 Å². The maximum atomic E-state index is 5.96. The Bertz CT molecular complexity index is 492. The standard InChI is InChI=1S/C11H13ClN4/c1-3-4-11-13-9(7-10(12)14-11)8-5-6-16(2)15-8/h5-7H,3-4H2,1-2H3. The van der Waals surface area contributed by atoms with Gasteiger partial charge >= 0.3 is 0 Å². The second kappa shape index (κ2) is 4.61. The van der Waals surface area contributed by atoms with Crippen molar-refractivity contribution in [3.8, 4) is 11.4 Å². The zero-order valence-corrected chi connectivity index (χ0v) is 10.1. The molecule has 2 heterocycles. The van der Waals surface area contributed by atoms with Gasteiger partial charge in [-0.25, -0.2) is 9.97 Å². The maximum absolute atomic E-state index is 5.96. The molecule has 0 aliphatic heterocycles. The first-order valence-corrected chi connectivity index (χ1v) is 5.60. The van der Waals surface area contributed by atoms with Crippen molar-refractivity contribution in [1.82, 2.24) is 19.7 Å². The van der Waals surface area contributed by atoms with Crippen molar-refractivity contribution >= 4 is 11.6 Å². The van der Waals surface area contributed by atoms with Crippen molar-refractivity contribution in [3.63, 3.8) is 0 Å². The van der Waals surface area contributed by atoms with E-state index in [1.165, 1.54) is 0 Å². The lowest BCUT2D eigenvalue weighted by Gasteiger charge is -2.01. The molecule has 0 amide bonds. The normalized spacial score (nSPS) is 10.7. The summed E-state index contributed by atoms with van der Waals surface area (Å²) in [6.07, 6.45) is 3.72. The van der Waals surface area contributed by atoms with Crippen LogP contribution in [0.25, 0.3) is 11.4 Å². The van der Waals surface area contributed by atoms with Crippen LogP contribution in [0.4, 0.5) is 0 Å². The number of aromatic nitrogens is 4. The second-order valence-electron chi connectivity index (χ2n) is 3.62. The van der Waals surface area contributed by atoms with Crippen LogP contribution in [0.1, 0.15) is 19.2 Å². The zero-order valence-electron chi connectivity index (χ0n) is 9.31. The van der Waals surface area contributed by atoms with Gasteiger partial charge in [-0.2, -0.15) is 5.10 Å². The van der Waals surface area contributed by atoms with Gasteiger partial charge in [0.1, 0.15) is 16.7 Å². The van der Waals surface area contributed by atoms with E-state index in [2.05, 4.69) is 22.0 Å². The van der Waals surface area contributed by atoms with Gasteiger partial charge in [-0.1, -0.05) is 18.5 Å². The van der Waals surface area contributed by atoms with Gasteiger partial charge in [0.15, 0.2) is 0 Å². The summed E-state index contributed by atoms with van der Waals surface area (Å²) in [7, 11) is 1.87. The molecule has 0 fully saturated rings. The van der Waals surface area contributed by atoms with Gasteiger partial charge in [-0.15, -0.1) is 0 Å². The Kier molecular flexibility index (Phi) is 3.19. The third kappa shape index (κ3) is 2.39. The molecule has 0 aromatic carbocycles. The quantitative estimate of drug-likeness (QED) is 0.769. The molecule has 0 radical (unpaired) electrons.